The zero-order chi connectivity index (χ0) is 17.5. The number of hydrogen-bond acceptors (Lipinski definition) is 5. The molecule has 1 saturated heterocycles. The molecule has 1 atom stereocenters. The van der Waals surface area contributed by atoms with Crippen LogP contribution in [0, 0.1) is 4.77 Å². The van der Waals surface area contributed by atoms with Crippen molar-refractivity contribution in [3.63, 3.8) is 0 Å². The van der Waals surface area contributed by atoms with Gasteiger partial charge in [0, 0.05) is 23.7 Å². The van der Waals surface area contributed by atoms with Crippen LogP contribution < -0.4 is 0 Å². The van der Waals surface area contributed by atoms with Gasteiger partial charge in [-0.15, -0.1) is 0 Å². The van der Waals surface area contributed by atoms with Gasteiger partial charge in [-0.25, -0.2) is 13.1 Å². The van der Waals surface area contributed by atoms with E-state index in [1.54, 1.807) is 4.68 Å². The summed E-state index contributed by atoms with van der Waals surface area (Å²) in [5.41, 5.74) is 0.929. The van der Waals surface area contributed by atoms with E-state index in [0.29, 0.717) is 22.9 Å². The fraction of sp³-hybridized carbons (Fsp3) is 0.467. The molecule has 0 bridgehead atoms. The fourth-order valence-electron chi connectivity index (χ4n) is 2.88. The maximum atomic E-state index is 11.7. The monoisotopic (exact) mass is 386 g/mol. The normalized spacial score (nSPS) is 19.9. The molecule has 1 aliphatic heterocycles. The second-order valence-corrected chi connectivity index (χ2v) is 9.16. The highest BCUT2D eigenvalue weighted by atomic mass is 35.5. The van der Waals surface area contributed by atoms with E-state index in [9.17, 15) is 8.42 Å². The van der Waals surface area contributed by atoms with Crippen LogP contribution in [-0.4, -0.2) is 52.3 Å². The minimum absolute atomic E-state index is 0.0119. The summed E-state index contributed by atoms with van der Waals surface area (Å²) in [6.07, 6.45) is 0.656. The van der Waals surface area contributed by atoms with Crippen LogP contribution in [0.25, 0.3) is 11.4 Å². The van der Waals surface area contributed by atoms with Crippen molar-refractivity contribution in [3.8, 4) is 11.4 Å². The van der Waals surface area contributed by atoms with Gasteiger partial charge in [0.05, 0.1) is 18.2 Å². The summed E-state index contributed by atoms with van der Waals surface area (Å²) in [7, 11) is 0.870. The lowest BCUT2D eigenvalue weighted by atomic mass is 10.2. The largest absolute Gasteiger partial charge is 0.303 e. The van der Waals surface area contributed by atoms with E-state index in [1.165, 1.54) is 0 Å². The smallest absolute Gasteiger partial charge is 0.199 e. The Labute approximate surface area is 151 Å². The molecular formula is C15H19ClN4O2S2. The van der Waals surface area contributed by atoms with Crippen LogP contribution >= 0.6 is 23.8 Å². The molecule has 6 nitrogen and oxygen atoms in total. The molecule has 9 heteroatoms. The molecule has 0 amide bonds. The molecule has 1 fully saturated rings. The van der Waals surface area contributed by atoms with Crippen molar-refractivity contribution < 1.29 is 8.42 Å². The third-order valence-corrected chi connectivity index (χ3v) is 6.82. The van der Waals surface area contributed by atoms with Crippen molar-refractivity contribution in [2.75, 3.05) is 18.6 Å². The number of benzene rings is 1. The van der Waals surface area contributed by atoms with Crippen LogP contribution in [0.1, 0.15) is 6.42 Å². The van der Waals surface area contributed by atoms with Crippen LogP contribution in [-0.2, 0) is 23.6 Å². The average Bonchev–Trinajstić information content (AvgIpc) is 3.03. The quantitative estimate of drug-likeness (QED) is 0.755. The number of sulfone groups is 1. The molecule has 0 aliphatic carbocycles. The minimum Gasteiger partial charge on any atom is -0.303 e. The van der Waals surface area contributed by atoms with E-state index < -0.39 is 9.84 Å². The summed E-state index contributed by atoms with van der Waals surface area (Å²) < 4.78 is 27.5. The molecule has 2 heterocycles. The standard InChI is InChI=1S/C15H19ClN4O2S2/c1-18(13-7-8-24(21,22)9-13)10-20-15(23)19(2)14(17-20)11-3-5-12(16)6-4-11/h3-6,13H,7-10H2,1-2H3/t13-/m1/s1. The van der Waals surface area contributed by atoms with E-state index in [0.717, 1.165) is 11.4 Å². The second-order valence-electron chi connectivity index (χ2n) is 6.13. The van der Waals surface area contributed by atoms with E-state index in [4.69, 9.17) is 23.8 Å². The molecule has 0 saturated carbocycles. The van der Waals surface area contributed by atoms with Gasteiger partial charge in [-0.1, -0.05) is 11.6 Å². The van der Waals surface area contributed by atoms with Crippen LogP contribution in [0.4, 0.5) is 0 Å². The molecule has 0 radical (unpaired) electrons. The zero-order valence-electron chi connectivity index (χ0n) is 13.5. The van der Waals surface area contributed by atoms with Gasteiger partial charge in [-0.2, -0.15) is 5.10 Å². The van der Waals surface area contributed by atoms with Crippen molar-refractivity contribution >= 4 is 33.7 Å². The number of halogens is 1. The molecule has 1 aromatic carbocycles. The third-order valence-electron chi connectivity index (χ3n) is 4.33. The van der Waals surface area contributed by atoms with Gasteiger partial charge in [0.1, 0.15) is 0 Å². The zero-order valence-corrected chi connectivity index (χ0v) is 15.9. The molecule has 1 aliphatic rings. The average molecular weight is 387 g/mol. The lowest BCUT2D eigenvalue weighted by molar-refractivity contribution is 0.196. The molecule has 0 spiro atoms. The Bertz CT molecular complexity index is 903. The van der Waals surface area contributed by atoms with Gasteiger partial charge in [-0.3, -0.25) is 4.90 Å². The predicted molar refractivity (Wildman–Crippen MR) is 97.3 cm³/mol. The Balaban J connectivity index is 1.83. The molecule has 0 N–H and O–H groups in total. The minimum atomic E-state index is -2.91. The molecule has 2 aromatic rings. The fourth-order valence-corrected chi connectivity index (χ4v) is 5.00. The SMILES string of the molecule is CN(Cn1nc(-c2ccc(Cl)cc2)n(C)c1=S)[C@@H]1CCS(=O)(=O)C1. The highest BCUT2D eigenvalue weighted by Gasteiger charge is 2.30. The lowest BCUT2D eigenvalue weighted by Crippen LogP contribution is -2.34. The Morgan fingerprint density at radius 2 is 2.04 bits per heavy atom. The van der Waals surface area contributed by atoms with Gasteiger partial charge in [-0.05, 0) is 50.0 Å². The summed E-state index contributed by atoms with van der Waals surface area (Å²) in [5, 5.41) is 5.27. The summed E-state index contributed by atoms with van der Waals surface area (Å²) in [6, 6.07) is 7.44. The van der Waals surface area contributed by atoms with Gasteiger partial charge >= 0.3 is 0 Å². The molecule has 130 valence electrons. The van der Waals surface area contributed by atoms with Crippen molar-refractivity contribution in [1.82, 2.24) is 19.2 Å². The van der Waals surface area contributed by atoms with Crippen molar-refractivity contribution in [2.24, 2.45) is 7.05 Å². The Hall–Kier alpha value is -1.22. The Morgan fingerprint density at radius 3 is 2.62 bits per heavy atom. The highest BCUT2D eigenvalue weighted by Crippen LogP contribution is 2.21. The highest BCUT2D eigenvalue weighted by molar-refractivity contribution is 7.91. The maximum Gasteiger partial charge on any atom is 0.199 e. The number of rotatable bonds is 4. The maximum absolute atomic E-state index is 11.7. The van der Waals surface area contributed by atoms with E-state index >= 15 is 0 Å². The first kappa shape index (κ1) is 17.6. The Kier molecular flexibility index (Phi) is 4.83. The van der Waals surface area contributed by atoms with Gasteiger partial charge in [0.15, 0.2) is 20.4 Å². The van der Waals surface area contributed by atoms with Crippen LogP contribution in [0.3, 0.4) is 0 Å². The summed E-state index contributed by atoms with van der Waals surface area (Å²) in [5.74, 6) is 1.21. The number of hydrogen-bond donors (Lipinski definition) is 0. The van der Waals surface area contributed by atoms with Crippen LogP contribution in [0.5, 0.6) is 0 Å². The summed E-state index contributed by atoms with van der Waals surface area (Å²) in [4.78, 5) is 2.00. The number of aromatic nitrogens is 3. The van der Waals surface area contributed by atoms with E-state index in [1.807, 2.05) is 47.8 Å². The second kappa shape index (κ2) is 6.59. The molecular weight excluding hydrogens is 368 g/mol. The van der Waals surface area contributed by atoms with Crippen LogP contribution in [0.15, 0.2) is 24.3 Å². The Morgan fingerprint density at radius 1 is 1.38 bits per heavy atom. The van der Waals surface area contributed by atoms with Crippen molar-refractivity contribution in [3.05, 3.63) is 34.1 Å². The predicted octanol–water partition coefficient (Wildman–Crippen LogP) is 2.35. The van der Waals surface area contributed by atoms with Gasteiger partial charge < -0.3 is 4.57 Å². The number of nitrogens with zero attached hydrogens (tertiary/aromatic N) is 4. The van der Waals surface area contributed by atoms with E-state index in [-0.39, 0.29) is 17.5 Å². The third kappa shape index (κ3) is 3.56. The van der Waals surface area contributed by atoms with E-state index in [2.05, 4.69) is 5.10 Å². The van der Waals surface area contributed by atoms with Crippen LogP contribution in [0.2, 0.25) is 5.02 Å². The van der Waals surface area contributed by atoms with Crippen molar-refractivity contribution in [1.29, 1.82) is 0 Å². The first-order valence-corrected chi connectivity index (χ1v) is 10.2. The first-order chi connectivity index (χ1) is 11.3. The van der Waals surface area contributed by atoms with Gasteiger partial charge in [0.2, 0.25) is 0 Å². The topological polar surface area (TPSA) is 60.1 Å². The summed E-state index contributed by atoms with van der Waals surface area (Å²) in [6.45, 7) is 0.459. The molecule has 3 rings (SSSR count). The summed E-state index contributed by atoms with van der Waals surface area (Å²) >= 11 is 11.4. The molecule has 0 unspecified atom stereocenters. The van der Waals surface area contributed by atoms with Crippen molar-refractivity contribution in [2.45, 2.75) is 19.1 Å². The molecule has 24 heavy (non-hydrogen) atoms. The lowest BCUT2D eigenvalue weighted by Gasteiger charge is -2.22. The molecule has 1 aromatic heterocycles. The van der Waals surface area contributed by atoms with Gasteiger partial charge in [0.25, 0.3) is 0 Å². The first-order valence-electron chi connectivity index (χ1n) is 7.57.